The maximum atomic E-state index is 11.3. The zero-order valence-corrected chi connectivity index (χ0v) is 10.1. The van der Waals surface area contributed by atoms with E-state index in [-0.39, 0.29) is 18.6 Å². The van der Waals surface area contributed by atoms with Gasteiger partial charge in [-0.25, -0.2) is 0 Å². The molecule has 0 aromatic rings. The summed E-state index contributed by atoms with van der Waals surface area (Å²) in [5.74, 6) is 2.34. The predicted molar refractivity (Wildman–Crippen MR) is 61.4 cm³/mol. The molecule has 86 valence electrons. The summed E-state index contributed by atoms with van der Waals surface area (Å²) in [5.41, 5.74) is -0.435. The number of hydrogen-bond donors (Lipinski definition) is 1. The number of terminal acetylenes is 1. The fourth-order valence-corrected chi connectivity index (χ4v) is 1.12. The Balaban J connectivity index is 3.85. The van der Waals surface area contributed by atoms with E-state index in [0.717, 1.165) is 12.8 Å². The lowest BCUT2D eigenvalue weighted by molar-refractivity contribution is -0.153. The van der Waals surface area contributed by atoms with E-state index in [1.165, 1.54) is 0 Å². The van der Waals surface area contributed by atoms with Crippen LogP contribution in [0.2, 0.25) is 0 Å². The molecular formula is C12H21NO2. The Kier molecular flexibility index (Phi) is 6.03. The van der Waals surface area contributed by atoms with Gasteiger partial charge < -0.3 is 4.74 Å². The van der Waals surface area contributed by atoms with Crippen LogP contribution in [0.4, 0.5) is 0 Å². The van der Waals surface area contributed by atoms with Gasteiger partial charge in [-0.15, -0.1) is 6.42 Å². The summed E-state index contributed by atoms with van der Waals surface area (Å²) < 4.78 is 5.14. The Morgan fingerprint density at radius 2 is 2.13 bits per heavy atom. The summed E-state index contributed by atoms with van der Waals surface area (Å²) in [5, 5.41) is 2.98. The molecule has 1 atom stereocenters. The number of hydrogen-bond acceptors (Lipinski definition) is 3. The number of nitrogens with one attached hydrogen (secondary N) is 1. The van der Waals surface area contributed by atoms with Crippen molar-refractivity contribution in [3.05, 3.63) is 0 Å². The van der Waals surface area contributed by atoms with Crippen LogP contribution in [0, 0.1) is 12.3 Å². The van der Waals surface area contributed by atoms with Crippen LogP contribution in [-0.2, 0) is 9.53 Å². The van der Waals surface area contributed by atoms with Crippen molar-refractivity contribution in [2.24, 2.45) is 0 Å². The Morgan fingerprint density at radius 1 is 1.53 bits per heavy atom. The third-order valence-electron chi connectivity index (χ3n) is 1.69. The number of carbonyl (C=O) groups is 1. The SMILES string of the molecule is C#CC(CCC)NCC(=O)OC(C)(C)C. The molecule has 3 heteroatoms. The van der Waals surface area contributed by atoms with Gasteiger partial charge >= 0.3 is 5.97 Å². The van der Waals surface area contributed by atoms with Gasteiger partial charge in [-0.2, -0.15) is 0 Å². The van der Waals surface area contributed by atoms with E-state index >= 15 is 0 Å². The summed E-state index contributed by atoms with van der Waals surface area (Å²) in [6.07, 6.45) is 7.18. The van der Waals surface area contributed by atoms with Crippen LogP contribution in [0.5, 0.6) is 0 Å². The monoisotopic (exact) mass is 211 g/mol. The zero-order chi connectivity index (χ0) is 11.9. The zero-order valence-electron chi connectivity index (χ0n) is 10.1. The van der Waals surface area contributed by atoms with Crippen molar-refractivity contribution >= 4 is 5.97 Å². The molecule has 0 spiro atoms. The van der Waals surface area contributed by atoms with E-state index in [1.807, 2.05) is 20.8 Å². The van der Waals surface area contributed by atoms with Gasteiger partial charge in [0.15, 0.2) is 0 Å². The van der Waals surface area contributed by atoms with Crippen molar-refractivity contribution in [3.63, 3.8) is 0 Å². The second kappa shape index (κ2) is 6.47. The largest absolute Gasteiger partial charge is 0.459 e. The summed E-state index contributed by atoms with van der Waals surface area (Å²) in [4.78, 5) is 11.3. The Bertz CT molecular complexity index is 235. The summed E-state index contributed by atoms with van der Waals surface area (Å²) in [6, 6.07) is -0.0393. The number of rotatable bonds is 5. The lowest BCUT2D eigenvalue weighted by Gasteiger charge is -2.20. The van der Waals surface area contributed by atoms with Gasteiger partial charge in [0.2, 0.25) is 0 Å². The van der Waals surface area contributed by atoms with Gasteiger partial charge in [0.05, 0.1) is 12.6 Å². The van der Waals surface area contributed by atoms with Gasteiger partial charge in [-0.05, 0) is 27.2 Å². The summed E-state index contributed by atoms with van der Waals surface area (Å²) in [6.45, 7) is 7.76. The van der Waals surface area contributed by atoms with Crippen LogP contribution < -0.4 is 5.32 Å². The molecule has 3 nitrogen and oxygen atoms in total. The normalized spacial score (nSPS) is 13.0. The van der Waals surface area contributed by atoms with E-state index in [9.17, 15) is 4.79 Å². The maximum absolute atomic E-state index is 11.3. The molecule has 0 aliphatic heterocycles. The lowest BCUT2D eigenvalue weighted by Crippen LogP contribution is -2.36. The molecule has 0 aliphatic carbocycles. The molecule has 0 rings (SSSR count). The van der Waals surface area contributed by atoms with Gasteiger partial charge in [-0.1, -0.05) is 19.3 Å². The number of ether oxygens (including phenoxy) is 1. The maximum Gasteiger partial charge on any atom is 0.320 e. The van der Waals surface area contributed by atoms with Crippen LogP contribution >= 0.6 is 0 Å². The first-order valence-corrected chi connectivity index (χ1v) is 5.30. The molecule has 1 N–H and O–H groups in total. The van der Waals surface area contributed by atoms with Crippen LogP contribution in [0.15, 0.2) is 0 Å². The van der Waals surface area contributed by atoms with E-state index in [1.54, 1.807) is 0 Å². The topological polar surface area (TPSA) is 38.3 Å². The fourth-order valence-electron chi connectivity index (χ4n) is 1.12. The van der Waals surface area contributed by atoms with Gasteiger partial charge in [0.1, 0.15) is 5.60 Å². The van der Waals surface area contributed by atoms with Gasteiger partial charge in [0, 0.05) is 0 Å². The molecule has 0 radical (unpaired) electrons. The van der Waals surface area contributed by atoms with Crippen molar-refractivity contribution in [3.8, 4) is 12.3 Å². The van der Waals surface area contributed by atoms with Crippen LogP contribution in [0.1, 0.15) is 40.5 Å². The smallest absolute Gasteiger partial charge is 0.320 e. The Morgan fingerprint density at radius 3 is 2.53 bits per heavy atom. The molecule has 0 fully saturated rings. The molecule has 0 saturated heterocycles. The highest BCUT2D eigenvalue weighted by molar-refractivity contribution is 5.72. The van der Waals surface area contributed by atoms with Crippen molar-refractivity contribution < 1.29 is 9.53 Å². The molecule has 0 aliphatic rings. The third-order valence-corrected chi connectivity index (χ3v) is 1.69. The average Bonchev–Trinajstić information content (AvgIpc) is 2.09. The van der Waals surface area contributed by atoms with Crippen LogP contribution in [0.3, 0.4) is 0 Å². The summed E-state index contributed by atoms with van der Waals surface area (Å²) >= 11 is 0. The van der Waals surface area contributed by atoms with Crippen LogP contribution in [-0.4, -0.2) is 24.2 Å². The minimum absolute atomic E-state index is 0.0393. The first kappa shape index (κ1) is 14.0. The molecule has 0 aromatic heterocycles. The first-order valence-electron chi connectivity index (χ1n) is 5.30. The van der Waals surface area contributed by atoms with E-state index in [0.29, 0.717) is 0 Å². The number of carbonyl (C=O) groups excluding carboxylic acids is 1. The lowest BCUT2D eigenvalue weighted by atomic mass is 10.2. The molecule has 1 unspecified atom stereocenters. The standard InChI is InChI=1S/C12H21NO2/c1-6-8-10(7-2)13-9-11(14)15-12(3,4)5/h2,10,13H,6,8-9H2,1,3-5H3. The average molecular weight is 211 g/mol. The summed E-state index contributed by atoms with van der Waals surface area (Å²) in [7, 11) is 0. The first-order chi connectivity index (χ1) is 6.89. The highest BCUT2D eigenvalue weighted by Gasteiger charge is 2.16. The van der Waals surface area contributed by atoms with E-state index in [2.05, 4.69) is 18.2 Å². The van der Waals surface area contributed by atoms with Gasteiger partial charge in [-0.3, -0.25) is 10.1 Å². The molecule has 0 amide bonds. The molecule has 0 aromatic carbocycles. The highest BCUT2D eigenvalue weighted by atomic mass is 16.6. The van der Waals surface area contributed by atoms with Crippen molar-refractivity contribution in [1.29, 1.82) is 0 Å². The number of esters is 1. The van der Waals surface area contributed by atoms with Crippen molar-refractivity contribution in [2.45, 2.75) is 52.2 Å². The third kappa shape index (κ3) is 8.02. The quantitative estimate of drug-likeness (QED) is 0.556. The molecule has 15 heavy (non-hydrogen) atoms. The second-order valence-corrected chi connectivity index (χ2v) is 4.48. The van der Waals surface area contributed by atoms with Crippen molar-refractivity contribution in [1.82, 2.24) is 5.32 Å². The minimum atomic E-state index is -0.435. The van der Waals surface area contributed by atoms with E-state index in [4.69, 9.17) is 11.2 Å². The van der Waals surface area contributed by atoms with E-state index < -0.39 is 5.60 Å². The minimum Gasteiger partial charge on any atom is -0.459 e. The van der Waals surface area contributed by atoms with Gasteiger partial charge in [0.25, 0.3) is 0 Å². The Hall–Kier alpha value is -1.01. The van der Waals surface area contributed by atoms with Crippen LogP contribution in [0.25, 0.3) is 0 Å². The fraction of sp³-hybridized carbons (Fsp3) is 0.750. The second-order valence-electron chi connectivity index (χ2n) is 4.48. The molecule has 0 heterocycles. The molecular weight excluding hydrogens is 190 g/mol. The van der Waals surface area contributed by atoms with Crippen molar-refractivity contribution in [2.75, 3.05) is 6.54 Å². The Labute approximate surface area is 92.6 Å². The molecule has 0 bridgehead atoms. The predicted octanol–water partition coefficient (Wildman–Crippen LogP) is 1.72. The highest BCUT2D eigenvalue weighted by Crippen LogP contribution is 2.06. The molecule has 0 saturated carbocycles.